The highest BCUT2D eigenvalue weighted by Crippen LogP contribution is 2.33. The first-order valence-corrected chi connectivity index (χ1v) is 8.84. The van der Waals surface area contributed by atoms with Crippen LogP contribution in [0.25, 0.3) is 11.1 Å². The van der Waals surface area contributed by atoms with E-state index in [-0.39, 0.29) is 12.1 Å². The lowest BCUT2D eigenvalue weighted by atomic mass is 10.0. The van der Waals surface area contributed by atoms with Crippen molar-refractivity contribution in [3.8, 4) is 11.1 Å². The predicted molar refractivity (Wildman–Crippen MR) is 101 cm³/mol. The molecule has 4 rings (SSSR count). The normalized spacial score (nSPS) is 16.7. The molecule has 2 amide bonds. The van der Waals surface area contributed by atoms with Gasteiger partial charge in [-0.15, -0.1) is 0 Å². The number of likely N-dealkylation sites (tertiary alicyclic amines) is 1. The summed E-state index contributed by atoms with van der Waals surface area (Å²) >= 11 is 0. The van der Waals surface area contributed by atoms with Gasteiger partial charge in [0, 0.05) is 30.2 Å². The van der Waals surface area contributed by atoms with E-state index in [0.717, 1.165) is 47.5 Å². The van der Waals surface area contributed by atoms with Gasteiger partial charge in [-0.05, 0) is 55.2 Å². The van der Waals surface area contributed by atoms with Crippen LogP contribution in [0.3, 0.4) is 0 Å². The summed E-state index contributed by atoms with van der Waals surface area (Å²) in [5, 5.41) is 3.08. The Labute approximate surface area is 152 Å². The van der Waals surface area contributed by atoms with E-state index < -0.39 is 0 Å². The van der Waals surface area contributed by atoms with Crippen molar-refractivity contribution in [3.05, 3.63) is 72.4 Å². The van der Waals surface area contributed by atoms with Crippen molar-refractivity contribution >= 4 is 11.7 Å². The maximum absolute atomic E-state index is 12.9. The number of rotatable bonds is 3. The van der Waals surface area contributed by atoms with Gasteiger partial charge in [-0.25, -0.2) is 4.79 Å². The highest BCUT2D eigenvalue weighted by Gasteiger charge is 2.31. The first-order chi connectivity index (χ1) is 12.7. The summed E-state index contributed by atoms with van der Waals surface area (Å²) < 4.78 is 5.52. The van der Waals surface area contributed by atoms with Crippen LogP contribution >= 0.6 is 0 Å². The molecule has 132 valence electrons. The zero-order valence-corrected chi connectivity index (χ0v) is 14.7. The van der Waals surface area contributed by atoms with Gasteiger partial charge in [-0.2, -0.15) is 0 Å². The van der Waals surface area contributed by atoms with Crippen LogP contribution in [0, 0.1) is 6.92 Å². The van der Waals surface area contributed by atoms with E-state index in [1.807, 2.05) is 60.5 Å². The number of carbonyl (C=O) groups is 1. The third-order valence-electron chi connectivity index (χ3n) is 4.86. The lowest BCUT2D eigenvalue weighted by molar-refractivity contribution is 0.200. The summed E-state index contributed by atoms with van der Waals surface area (Å²) in [6.45, 7) is 2.73. The van der Waals surface area contributed by atoms with Crippen molar-refractivity contribution in [3.63, 3.8) is 0 Å². The second kappa shape index (κ2) is 7.04. The van der Waals surface area contributed by atoms with Crippen LogP contribution < -0.4 is 5.32 Å². The molecule has 3 heterocycles. The summed E-state index contributed by atoms with van der Waals surface area (Å²) in [5.74, 6) is 0.846. The van der Waals surface area contributed by atoms with Crippen LogP contribution in [0.4, 0.5) is 10.5 Å². The largest absolute Gasteiger partial charge is 0.467 e. The standard InChI is InChI=1S/C21H21N3O2/c1-15-8-9-16(17-5-2-10-22-14-17)13-18(15)23-21(25)24-11-3-6-19(24)20-7-4-12-26-20/h2,4-5,7-10,12-14,19H,3,6,11H2,1H3,(H,23,25)/t19-/m0/s1. The van der Waals surface area contributed by atoms with Gasteiger partial charge < -0.3 is 14.6 Å². The zero-order chi connectivity index (χ0) is 17.9. The van der Waals surface area contributed by atoms with Crippen molar-refractivity contribution in [1.29, 1.82) is 0 Å². The molecular formula is C21H21N3O2. The van der Waals surface area contributed by atoms with Crippen molar-refractivity contribution < 1.29 is 9.21 Å². The molecule has 1 aliphatic heterocycles. The Morgan fingerprint density at radius 1 is 1.23 bits per heavy atom. The Morgan fingerprint density at radius 2 is 2.15 bits per heavy atom. The second-order valence-electron chi connectivity index (χ2n) is 6.57. The molecule has 0 radical (unpaired) electrons. The molecule has 0 bridgehead atoms. The molecule has 1 N–H and O–H groups in total. The topological polar surface area (TPSA) is 58.4 Å². The van der Waals surface area contributed by atoms with E-state index in [9.17, 15) is 4.79 Å². The van der Waals surface area contributed by atoms with Crippen molar-refractivity contribution in [2.75, 3.05) is 11.9 Å². The minimum absolute atomic E-state index is 0.00631. The third-order valence-corrected chi connectivity index (χ3v) is 4.86. The molecule has 1 saturated heterocycles. The number of aryl methyl sites for hydroxylation is 1. The maximum Gasteiger partial charge on any atom is 0.322 e. The molecule has 0 aliphatic carbocycles. The summed E-state index contributed by atoms with van der Waals surface area (Å²) in [6, 6.07) is 13.7. The number of nitrogens with zero attached hydrogens (tertiary/aromatic N) is 2. The van der Waals surface area contributed by atoms with Gasteiger partial charge in [-0.3, -0.25) is 4.98 Å². The molecule has 2 aromatic heterocycles. The lowest BCUT2D eigenvalue weighted by Gasteiger charge is -2.24. The number of carbonyl (C=O) groups excluding carboxylic acids is 1. The number of anilines is 1. The molecular weight excluding hydrogens is 326 g/mol. The van der Waals surface area contributed by atoms with E-state index in [1.165, 1.54) is 0 Å². The van der Waals surface area contributed by atoms with Crippen molar-refractivity contribution in [2.45, 2.75) is 25.8 Å². The van der Waals surface area contributed by atoms with Gasteiger partial charge in [0.15, 0.2) is 0 Å². The second-order valence-corrected chi connectivity index (χ2v) is 6.57. The number of hydrogen-bond donors (Lipinski definition) is 1. The molecule has 3 aromatic rings. The van der Waals surface area contributed by atoms with Gasteiger partial charge in [0.2, 0.25) is 0 Å². The number of amides is 2. The summed E-state index contributed by atoms with van der Waals surface area (Å²) in [5.41, 5.74) is 3.90. The first-order valence-electron chi connectivity index (χ1n) is 8.84. The Hall–Kier alpha value is -3.08. The van der Waals surface area contributed by atoms with E-state index >= 15 is 0 Å². The predicted octanol–water partition coefficient (Wildman–Crippen LogP) is 5.02. The average molecular weight is 347 g/mol. The Balaban J connectivity index is 1.56. The van der Waals surface area contributed by atoms with Crippen molar-refractivity contribution in [1.82, 2.24) is 9.88 Å². The first kappa shape index (κ1) is 16.4. The highest BCUT2D eigenvalue weighted by molar-refractivity contribution is 5.91. The molecule has 0 unspecified atom stereocenters. The molecule has 1 aliphatic rings. The number of urea groups is 1. The Kier molecular flexibility index (Phi) is 4.44. The molecule has 5 nitrogen and oxygen atoms in total. The van der Waals surface area contributed by atoms with E-state index in [1.54, 1.807) is 12.5 Å². The van der Waals surface area contributed by atoms with Gasteiger partial charge in [0.25, 0.3) is 0 Å². The smallest absolute Gasteiger partial charge is 0.322 e. The van der Waals surface area contributed by atoms with Gasteiger partial charge in [0.05, 0.1) is 12.3 Å². The molecule has 26 heavy (non-hydrogen) atoms. The Bertz CT molecular complexity index is 891. The van der Waals surface area contributed by atoms with Crippen LogP contribution in [0.15, 0.2) is 65.5 Å². The van der Waals surface area contributed by atoms with E-state index in [4.69, 9.17) is 4.42 Å². The molecule has 0 spiro atoms. The fraction of sp³-hybridized carbons (Fsp3) is 0.238. The SMILES string of the molecule is Cc1ccc(-c2cccnc2)cc1NC(=O)N1CCC[C@H]1c1ccco1. The van der Waals surface area contributed by atoms with Crippen LogP contribution in [0.2, 0.25) is 0 Å². The highest BCUT2D eigenvalue weighted by atomic mass is 16.3. The molecule has 5 heteroatoms. The van der Waals surface area contributed by atoms with Gasteiger partial charge >= 0.3 is 6.03 Å². The van der Waals surface area contributed by atoms with E-state index in [2.05, 4.69) is 10.3 Å². The van der Waals surface area contributed by atoms with Crippen molar-refractivity contribution in [2.24, 2.45) is 0 Å². The number of aromatic nitrogens is 1. The minimum Gasteiger partial charge on any atom is -0.467 e. The van der Waals surface area contributed by atoms with Gasteiger partial charge in [0.1, 0.15) is 5.76 Å². The maximum atomic E-state index is 12.9. The molecule has 1 atom stereocenters. The quantitative estimate of drug-likeness (QED) is 0.724. The third kappa shape index (κ3) is 3.20. The van der Waals surface area contributed by atoms with Crippen LogP contribution in [-0.2, 0) is 0 Å². The minimum atomic E-state index is -0.0877. The fourth-order valence-corrected chi connectivity index (χ4v) is 3.44. The van der Waals surface area contributed by atoms with Gasteiger partial charge in [-0.1, -0.05) is 18.2 Å². The fourth-order valence-electron chi connectivity index (χ4n) is 3.44. The lowest BCUT2D eigenvalue weighted by Crippen LogP contribution is -2.34. The van der Waals surface area contributed by atoms with Crippen LogP contribution in [-0.4, -0.2) is 22.5 Å². The number of benzene rings is 1. The zero-order valence-electron chi connectivity index (χ0n) is 14.7. The summed E-state index contributed by atoms with van der Waals surface area (Å²) in [6.07, 6.45) is 7.14. The summed E-state index contributed by atoms with van der Waals surface area (Å²) in [4.78, 5) is 18.9. The van der Waals surface area contributed by atoms with Crippen LogP contribution in [0.1, 0.15) is 30.2 Å². The molecule has 1 aromatic carbocycles. The monoisotopic (exact) mass is 347 g/mol. The Morgan fingerprint density at radius 3 is 2.92 bits per heavy atom. The molecule has 1 fully saturated rings. The number of furan rings is 1. The molecule has 0 saturated carbocycles. The van der Waals surface area contributed by atoms with E-state index in [0.29, 0.717) is 0 Å². The number of pyridine rings is 1. The number of hydrogen-bond acceptors (Lipinski definition) is 3. The number of nitrogens with one attached hydrogen (secondary N) is 1. The average Bonchev–Trinajstić information content (AvgIpc) is 3.35. The van der Waals surface area contributed by atoms with Crippen LogP contribution in [0.5, 0.6) is 0 Å². The summed E-state index contributed by atoms with van der Waals surface area (Å²) in [7, 11) is 0.